The summed E-state index contributed by atoms with van der Waals surface area (Å²) < 4.78 is 26.0. The number of aromatic nitrogens is 2. The summed E-state index contributed by atoms with van der Waals surface area (Å²) in [7, 11) is -3.21. The van der Waals surface area contributed by atoms with E-state index >= 15 is 0 Å². The molecule has 2 heterocycles. The zero-order valence-corrected chi connectivity index (χ0v) is 19.2. The lowest BCUT2D eigenvalue weighted by Crippen LogP contribution is -2.49. The fourth-order valence-corrected chi connectivity index (χ4v) is 4.71. The van der Waals surface area contributed by atoms with Crippen molar-refractivity contribution in [3.05, 3.63) is 57.0 Å². The summed E-state index contributed by atoms with van der Waals surface area (Å²) in [5.74, 6) is 1.84. The maximum absolute atomic E-state index is 12.2. The van der Waals surface area contributed by atoms with Gasteiger partial charge >= 0.3 is 0 Å². The van der Waals surface area contributed by atoms with Gasteiger partial charge in [-0.25, -0.2) is 18.4 Å². The van der Waals surface area contributed by atoms with E-state index in [1.807, 2.05) is 20.8 Å². The van der Waals surface area contributed by atoms with Crippen LogP contribution < -0.4 is 4.90 Å². The van der Waals surface area contributed by atoms with E-state index in [9.17, 15) is 18.5 Å². The highest BCUT2D eigenvalue weighted by Gasteiger charge is 2.28. The first-order valence-corrected chi connectivity index (χ1v) is 12.1. The molecule has 1 aromatic heterocycles. The predicted molar refractivity (Wildman–Crippen MR) is 120 cm³/mol. The van der Waals surface area contributed by atoms with Gasteiger partial charge in [-0.3, -0.25) is 10.1 Å². The Morgan fingerprint density at radius 2 is 1.71 bits per heavy atom. The highest BCUT2D eigenvalue weighted by Crippen LogP contribution is 2.28. The smallest absolute Gasteiger partial charge is 0.269 e. The molecule has 3 rings (SSSR count). The van der Waals surface area contributed by atoms with Gasteiger partial charge < -0.3 is 4.90 Å². The third-order valence-corrected chi connectivity index (χ3v) is 7.43. The number of benzene rings is 1. The minimum Gasteiger partial charge on any atom is -0.354 e. The van der Waals surface area contributed by atoms with Crippen molar-refractivity contribution in [1.29, 1.82) is 0 Å². The third-order valence-electron chi connectivity index (χ3n) is 5.55. The van der Waals surface area contributed by atoms with Crippen molar-refractivity contribution in [2.45, 2.75) is 40.0 Å². The third kappa shape index (κ3) is 5.19. The van der Waals surface area contributed by atoms with Gasteiger partial charge in [-0.2, -0.15) is 4.31 Å². The monoisotopic (exact) mass is 447 g/mol. The molecule has 1 saturated heterocycles. The van der Waals surface area contributed by atoms with Crippen LogP contribution in [-0.4, -0.2) is 59.5 Å². The molecule has 0 amide bonds. The van der Waals surface area contributed by atoms with Gasteiger partial charge in [-0.1, -0.05) is 26.0 Å². The van der Waals surface area contributed by atoms with Gasteiger partial charge in [-0.05, 0) is 19.4 Å². The van der Waals surface area contributed by atoms with Crippen LogP contribution in [0.15, 0.2) is 24.3 Å². The van der Waals surface area contributed by atoms with E-state index in [1.165, 1.54) is 16.4 Å². The van der Waals surface area contributed by atoms with Gasteiger partial charge in [0.2, 0.25) is 10.0 Å². The number of piperazine rings is 1. The topological polar surface area (TPSA) is 110 Å². The summed E-state index contributed by atoms with van der Waals surface area (Å²) in [4.78, 5) is 22.2. The van der Waals surface area contributed by atoms with Crippen molar-refractivity contribution in [1.82, 2.24) is 14.3 Å². The molecule has 31 heavy (non-hydrogen) atoms. The molecule has 0 unspecified atom stereocenters. The molecule has 1 aliphatic heterocycles. The van der Waals surface area contributed by atoms with Gasteiger partial charge in [0, 0.05) is 61.9 Å². The van der Waals surface area contributed by atoms with E-state index < -0.39 is 14.9 Å². The second kappa shape index (κ2) is 9.27. The molecule has 1 aliphatic rings. The van der Waals surface area contributed by atoms with Gasteiger partial charge in [0.15, 0.2) is 0 Å². The Balaban J connectivity index is 1.92. The lowest BCUT2D eigenvalue weighted by molar-refractivity contribution is -0.384. The van der Waals surface area contributed by atoms with Gasteiger partial charge in [-0.15, -0.1) is 0 Å². The molecule has 10 heteroatoms. The number of nitro groups is 1. The summed E-state index contributed by atoms with van der Waals surface area (Å²) >= 11 is 0. The molecule has 0 saturated carbocycles. The number of nitrogens with zero attached hydrogens (tertiary/aromatic N) is 5. The number of hydrogen-bond donors (Lipinski definition) is 0. The summed E-state index contributed by atoms with van der Waals surface area (Å²) in [6, 6.07) is 6.51. The first-order valence-electron chi connectivity index (χ1n) is 10.5. The second-order valence-electron chi connectivity index (χ2n) is 8.01. The van der Waals surface area contributed by atoms with Crippen LogP contribution in [-0.2, 0) is 16.4 Å². The van der Waals surface area contributed by atoms with E-state index in [2.05, 4.69) is 9.88 Å². The average Bonchev–Trinajstić information content (AvgIpc) is 2.75. The van der Waals surface area contributed by atoms with Crippen molar-refractivity contribution >= 4 is 21.5 Å². The Morgan fingerprint density at radius 3 is 2.23 bits per heavy atom. The molecular formula is C21H29N5O4S. The van der Waals surface area contributed by atoms with Crippen LogP contribution in [0.2, 0.25) is 0 Å². The van der Waals surface area contributed by atoms with E-state index in [0.717, 1.165) is 28.5 Å². The molecule has 0 aliphatic carbocycles. The summed E-state index contributed by atoms with van der Waals surface area (Å²) in [5, 5.41) is 10.9. The molecule has 9 nitrogen and oxygen atoms in total. The SMILES string of the molecule is CCS(=O)(=O)N1CCN(c2nc(C(C)C)nc(C)c2Cc2ccc([N+](=O)[O-])cc2)CC1. The van der Waals surface area contributed by atoms with E-state index in [4.69, 9.17) is 4.98 Å². The van der Waals surface area contributed by atoms with Gasteiger partial charge in [0.1, 0.15) is 11.6 Å². The van der Waals surface area contributed by atoms with Crippen molar-refractivity contribution in [3.8, 4) is 0 Å². The number of non-ortho nitro benzene ring substituents is 1. The number of anilines is 1. The van der Waals surface area contributed by atoms with Crippen LogP contribution >= 0.6 is 0 Å². The van der Waals surface area contributed by atoms with Crippen molar-refractivity contribution in [2.24, 2.45) is 0 Å². The normalized spacial score (nSPS) is 15.5. The number of aryl methyl sites for hydroxylation is 1. The van der Waals surface area contributed by atoms with Crippen LogP contribution in [0.4, 0.5) is 11.5 Å². The molecule has 0 spiro atoms. The summed E-state index contributed by atoms with van der Waals surface area (Å²) in [5.41, 5.74) is 2.82. The van der Waals surface area contributed by atoms with Crippen LogP contribution in [0.1, 0.15) is 49.3 Å². The van der Waals surface area contributed by atoms with Crippen molar-refractivity contribution in [2.75, 3.05) is 36.8 Å². The van der Waals surface area contributed by atoms with Crippen molar-refractivity contribution in [3.63, 3.8) is 0 Å². The fraction of sp³-hybridized carbons (Fsp3) is 0.524. The standard InChI is InChI=1S/C21H29N5O4S/c1-5-31(29,30)25-12-10-24(11-13-25)21-19(16(4)22-20(23-21)15(2)3)14-17-6-8-18(9-7-17)26(27)28/h6-9,15H,5,10-14H2,1-4H3. The Bertz CT molecular complexity index is 1050. The summed E-state index contributed by atoms with van der Waals surface area (Å²) in [6.07, 6.45) is 0.547. The predicted octanol–water partition coefficient (Wildman–Crippen LogP) is 2.88. The Morgan fingerprint density at radius 1 is 1.10 bits per heavy atom. The molecule has 2 aromatic rings. The Labute approximate surface area is 183 Å². The Hall–Kier alpha value is -2.59. The first kappa shape index (κ1) is 23.1. The first-order chi connectivity index (χ1) is 14.6. The molecule has 0 bridgehead atoms. The zero-order chi connectivity index (χ0) is 22.8. The molecule has 0 radical (unpaired) electrons. The number of hydrogen-bond acceptors (Lipinski definition) is 7. The minimum absolute atomic E-state index is 0.0559. The molecule has 168 valence electrons. The van der Waals surface area contributed by atoms with Crippen LogP contribution in [0, 0.1) is 17.0 Å². The maximum atomic E-state index is 12.2. The number of sulfonamides is 1. The molecule has 0 atom stereocenters. The van der Waals surface area contributed by atoms with Gasteiger partial charge in [0.25, 0.3) is 5.69 Å². The number of rotatable bonds is 7. The molecule has 1 fully saturated rings. The molecule has 0 N–H and O–H groups in total. The Kier molecular flexibility index (Phi) is 6.90. The minimum atomic E-state index is -3.21. The summed E-state index contributed by atoms with van der Waals surface area (Å²) in [6.45, 7) is 9.66. The lowest BCUT2D eigenvalue weighted by atomic mass is 10.0. The van der Waals surface area contributed by atoms with E-state index in [-0.39, 0.29) is 17.4 Å². The van der Waals surface area contributed by atoms with Crippen LogP contribution in [0.3, 0.4) is 0 Å². The lowest BCUT2D eigenvalue weighted by Gasteiger charge is -2.36. The molecular weight excluding hydrogens is 418 g/mol. The highest BCUT2D eigenvalue weighted by atomic mass is 32.2. The average molecular weight is 448 g/mol. The van der Waals surface area contributed by atoms with Crippen LogP contribution in [0.5, 0.6) is 0 Å². The van der Waals surface area contributed by atoms with E-state index in [0.29, 0.717) is 32.6 Å². The van der Waals surface area contributed by atoms with Crippen molar-refractivity contribution < 1.29 is 13.3 Å². The highest BCUT2D eigenvalue weighted by molar-refractivity contribution is 7.89. The van der Waals surface area contributed by atoms with Crippen LogP contribution in [0.25, 0.3) is 0 Å². The van der Waals surface area contributed by atoms with E-state index in [1.54, 1.807) is 19.1 Å². The fourth-order valence-electron chi connectivity index (χ4n) is 3.63. The molecule has 1 aromatic carbocycles. The number of nitro benzene ring substituents is 1. The quantitative estimate of drug-likeness (QED) is 0.474. The maximum Gasteiger partial charge on any atom is 0.269 e. The largest absolute Gasteiger partial charge is 0.354 e. The second-order valence-corrected chi connectivity index (χ2v) is 10.3. The zero-order valence-electron chi connectivity index (χ0n) is 18.4. The van der Waals surface area contributed by atoms with Gasteiger partial charge in [0.05, 0.1) is 10.7 Å².